The van der Waals surface area contributed by atoms with E-state index in [9.17, 15) is 4.79 Å². The number of H-pyrrole nitrogens is 1. The molecular weight excluding hydrogens is 422 g/mol. The van der Waals surface area contributed by atoms with Gasteiger partial charge in [0, 0.05) is 42.0 Å². The van der Waals surface area contributed by atoms with E-state index >= 15 is 0 Å². The van der Waals surface area contributed by atoms with Gasteiger partial charge in [0.05, 0.1) is 19.1 Å². The van der Waals surface area contributed by atoms with Crippen LogP contribution in [0.4, 0.5) is 0 Å². The number of ether oxygens (including phenoxy) is 2. The number of hydrogen-bond acceptors (Lipinski definition) is 5. The van der Waals surface area contributed by atoms with Crippen LogP contribution in [-0.4, -0.2) is 48.1 Å². The number of thiophene rings is 1. The van der Waals surface area contributed by atoms with Crippen LogP contribution < -0.4 is 9.47 Å². The SMILES string of the molecule is COc1ccc(-c2cnc3[nH]cc(C4=CCN(C(=O)c5cccs5)CC4)c3c2)cc1OC. The van der Waals surface area contributed by atoms with E-state index in [0.29, 0.717) is 24.6 Å². The van der Waals surface area contributed by atoms with Crippen LogP contribution in [0.1, 0.15) is 21.7 Å². The Labute approximate surface area is 190 Å². The Morgan fingerprint density at radius 2 is 2.00 bits per heavy atom. The number of methoxy groups -OCH3 is 2. The predicted molar refractivity (Wildman–Crippen MR) is 127 cm³/mol. The lowest BCUT2D eigenvalue weighted by Gasteiger charge is -2.26. The molecule has 4 heterocycles. The highest BCUT2D eigenvalue weighted by Crippen LogP contribution is 2.35. The molecule has 1 N–H and O–H groups in total. The maximum absolute atomic E-state index is 12.6. The fraction of sp³-hybridized carbons (Fsp3) is 0.200. The lowest BCUT2D eigenvalue weighted by molar-refractivity contribution is 0.0777. The monoisotopic (exact) mass is 445 g/mol. The highest BCUT2D eigenvalue weighted by Gasteiger charge is 2.21. The molecule has 32 heavy (non-hydrogen) atoms. The second kappa shape index (κ2) is 8.51. The third kappa shape index (κ3) is 3.65. The summed E-state index contributed by atoms with van der Waals surface area (Å²) in [6, 6.07) is 11.8. The molecule has 0 unspecified atom stereocenters. The fourth-order valence-electron chi connectivity index (χ4n) is 4.10. The van der Waals surface area contributed by atoms with Gasteiger partial charge in [0.15, 0.2) is 11.5 Å². The first-order chi connectivity index (χ1) is 15.7. The molecule has 1 amide bonds. The Bertz CT molecular complexity index is 1310. The predicted octanol–water partition coefficient (Wildman–Crippen LogP) is 5.24. The largest absolute Gasteiger partial charge is 0.493 e. The number of aromatic nitrogens is 2. The first-order valence-electron chi connectivity index (χ1n) is 10.4. The lowest BCUT2D eigenvalue weighted by Crippen LogP contribution is -2.34. The minimum absolute atomic E-state index is 0.103. The number of fused-ring (bicyclic) bond motifs is 1. The van der Waals surface area contributed by atoms with E-state index in [4.69, 9.17) is 9.47 Å². The van der Waals surface area contributed by atoms with Gasteiger partial charge in [-0.2, -0.15) is 0 Å². The third-order valence-corrected chi connectivity index (χ3v) is 6.68. The van der Waals surface area contributed by atoms with Crippen LogP contribution in [0, 0.1) is 0 Å². The highest BCUT2D eigenvalue weighted by atomic mass is 32.1. The number of amides is 1. The zero-order valence-corrected chi connectivity index (χ0v) is 18.7. The summed E-state index contributed by atoms with van der Waals surface area (Å²) < 4.78 is 10.8. The molecule has 162 valence electrons. The molecule has 0 saturated heterocycles. The standard InChI is InChI=1S/C25H23N3O3S/c1-30-21-6-5-17(13-22(21)31-2)18-12-19-20(15-27-24(19)26-14-18)16-7-9-28(10-8-16)25(29)23-4-3-11-32-23/h3-7,11-15H,8-10H2,1-2H3,(H,26,27). The zero-order chi connectivity index (χ0) is 22.1. The van der Waals surface area contributed by atoms with Gasteiger partial charge in [-0.3, -0.25) is 4.79 Å². The lowest BCUT2D eigenvalue weighted by atomic mass is 9.98. The minimum Gasteiger partial charge on any atom is -0.493 e. The summed E-state index contributed by atoms with van der Waals surface area (Å²) in [5.74, 6) is 1.48. The molecule has 1 aliphatic rings. The quantitative estimate of drug-likeness (QED) is 0.456. The minimum atomic E-state index is 0.103. The van der Waals surface area contributed by atoms with E-state index in [0.717, 1.165) is 39.0 Å². The van der Waals surface area contributed by atoms with Gasteiger partial charge < -0.3 is 19.4 Å². The molecule has 0 fully saturated rings. The molecule has 3 aromatic heterocycles. The average Bonchev–Trinajstić information content (AvgIpc) is 3.53. The van der Waals surface area contributed by atoms with E-state index < -0.39 is 0 Å². The molecule has 0 spiro atoms. The fourth-order valence-corrected chi connectivity index (χ4v) is 4.79. The number of benzene rings is 1. The molecule has 0 atom stereocenters. The van der Waals surface area contributed by atoms with E-state index in [1.54, 1.807) is 14.2 Å². The van der Waals surface area contributed by atoms with Crippen LogP contribution in [0.15, 0.2) is 60.2 Å². The Balaban J connectivity index is 1.44. The van der Waals surface area contributed by atoms with Crippen molar-refractivity contribution in [3.05, 3.63) is 70.7 Å². The Kier molecular flexibility index (Phi) is 5.41. The zero-order valence-electron chi connectivity index (χ0n) is 17.9. The van der Waals surface area contributed by atoms with Crippen molar-refractivity contribution in [2.45, 2.75) is 6.42 Å². The van der Waals surface area contributed by atoms with Gasteiger partial charge >= 0.3 is 0 Å². The number of carbonyl (C=O) groups is 1. The van der Waals surface area contributed by atoms with E-state index in [1.165, 1.54) is 16.9 Å². The Hall–Kier alpha value is -3.58. The van der Waals surface area contributed by atoms with Crippen LogP contribution in [-0.2, 0) is 0 Å². The van der Waals surface area contributed by atoms with Gasteiger partial charge in [-0.25, -0.2) is 4.98 Å². The molecule has 7 heteroatoms. The number of carbonyl (C=O) groups excluding carboxylic acids is 1. The Morgan fingerprint density at radius 3 is 2.72 bits per heavy atom. The first-order valence-corrected chi connectivity index (χ1v) is 11.3. The maximum Gasteiger partial charge on any atom is 0.264 e. The van der Waals surface area contributed by atoms with Gasteiger partial charge in [0.25, 0.3) is 5.91 Å². The molecule has 0 bridgehead atoms. The molecule has 4 aromatic rings. The van der Waals surface area contributed by atoms with Crippen molar-refractivity contribution >= 4 is 33.9 Å². The number of aromatic amines is 1. The van der Waals surface area contributed by atoms with Gasteiger partial charge in [-0.15, -0.1) is 11.3 Å². The van der Waals surface area contributed by atoms with Crippen LogP contribution >= 0.6 is 11.3 Å². The van der Waals surface area contributed by atoms with Crippen molar-refractivity contribution in [2.75, 3.05) is 27.3 Å². The topological polar surface area (TPSA) is 67.5 Å². The van der Waals surface area contributed by atoms with Gasteiger partial charge in [-0.1, -0.05) is 18.2 Å². The highest BCUT2D eigenvalue weighted by molar-refractivity contribution is 7.12. The maximum atomic E-state index is 12.6. The van der Waals surface area contributed by atoms with Gasteiger partial charge in [-0.05, 0) is 47.2 Å². The summed E-state index contributed by atoms with van der Waals surface area (Å²) in [7, 11) is 3.26. The second-order valence-electron chi connectivity index (χ2n) is 7.60. The van der Waals surface area contributed by atoms with Crippen LogP contribution in [0.25, 0.3) is 27.7 Å². The average molecular weight is 446 g/mol. The molecular formula is C25H23N3O3S. The van der Waals surface area contributed by atoms with Gasteiger partial charge in [0.2, 0.25) is 0 Å². The summed E-state index contributed by atoms with van der Waals surface area (Å²) in [4.78, 5) is 23.2. The summed E-state index contributed by atoms with van der Waals surface area (Å²) >= 11 is 1.49. The molecule has 0 saturated carbocycles. The molecule has 0 aliphatic carbocycles. The van der Waals surface area contributed by atoms with Crippen LogP contribution in [0.2, 0.25) is 0 Å². The van der Waals surface area contributed by atoms with E-state index in [1.807, 2.05) is 53.0 Å². The molecule has 1 aliphatic heterocycles. The van der Waals surface area contributed by atoms with Crippen LogP contribution in [0.5, 0.6) is 11.5 Å². The van der Waals surface area contributed by atoms with Gasteiger partial charge in [0.1, 0.15) is 5.65 Å². The normalized spacial score (nSPS) is 13.8. The number of rotatable bonds is 5. The second-order valence-corrected chi connectivity index (χ2v) is 8.55. The summed E-state index contributed by atoms with van der Waals surface area (Å²) in [5.41, 5.74) is 5.23. The number of nitrogens with one attached hydrogen (secondary N) is 1. The number of hydrogen-bond donors (Lipinski definition) is 1. The van der Waals surface area contributed by atoms with Crippen molar-refractivity contribution in [2.24, 2.45) is 0 Å². The number of nitrogens with zero attached hydrogens (tertiary/aromatic N) is 2. The summed E-state index contributed by atoms with van der Waals surface area (Å²) in [6.45, 7) is 1.32. The molecule has 1 aromatic carbocycles. The van der Waals surface area contributed by atoms with Crippen molar-refractivity contribution < 1.29 is 14.3 Å². The summed E-state index contributed by atoms with van der Waals surface area (Å²) in [5, 5.41) is 3.01. The smallest absolute Gasteiger partial charge is 0.264 e. The van der Waals surface area contributed by atoms with Crippen molar-refractivity contribution in [3.63, 3.8) is 0 Å². The van der Waals surface area contributed by atoms with Crippen molar-refractivity contribution in [1.29, 1.82) is 0 Å². The Morgan fingerprint density at radius 1 is 1.12 bits per heavy atom. The van der Waals surface area contributed by atoms with Crippen LogP contribution in [0.3, 0.4) is 0 Å². The van der Waals surface area contributed by atoms with E-state index in [-0.39, 0.29) is 5.91 Å². The summed E-state index contributed by atoms with van der Waals surface area (Å²) in [6.07, 6.45) is 6.84. The first kappa shape index (κ1) is 20.3. The van der Waals surface area contributed by atoms with Crippen molar-refractivity contribution in [3.8, 4) is 22.6 Å². The molecule has 5 rings (SSSR count). The molecule has 0 radical (unpaired) electrons. The van der Waals surface area contributed by atoms with Crippen molar-refractivity contribution in [1.82, 2.24) is 14.9 Å². The third-order valence-electron chi connectivity index (χ3n) is 5.82. The molecule has 6 nitrogen and oxygen atoms in total. The van der Waals surface area contributed by atoms with E-state index in [2.05, 4.69) is 22.1 Å². The number of pyridine rings is 1.